The van der Waals surface area contributed by atoms with Crippen LogP contribution in [0.25, 0.3) is 44.4 Å². The molecule has 1 fully saturated rings. The third-order valence-electron chi connectivity index (χ3n) is 10.4. The Balaban J connectivity index is 0.000000981. The number of aromatic amines is 2. The van der Waals surface area contributed by atoms with E-state index in [2.05, 4.69) is 170 Å². The van der Waals surface area contributed by atoms with E-state index in [0.29, 0.717) is 18.5 Å². The van der Waals surface area contributed by atoms with Crippen LogP contribution in [-0.2, 0) is 13.1 Å². The van der Waals surface area contributed by atoms with Crippen molar-refractivity contribution in [1.82, 2.24) is 40.4 Å². The van der Waals surface area contributed by atoms with Gasteiger partial charge < -0.3 is 25.5 Å². The van der Waals surface area contributed by atoms with Crippen LogP contribution in [0.2, 0.25) is 0 Å². The Kier molecular flexibility index (Phi) is 21.9. The fourth-order valence-corrected chi connectivity index (χ4v) is 6.63. The highest BCUT2D eigenvalue weighted by atomic mass is 32.1. The number of imidazole rings is 2. The highest BCUT2D eigenvalue weighted by molar-refractivity contribution is 7.80. The van der Waals surface area contributed by atoms with E-state index in [-0.39, 0.29) is 0 Å². The van der Waals surface area contributed by atoms with Crippen LogP contribution in [0.3, 0.4) is 0 Å². The Morgan fingerprint density at radius 2 is 1.32 bits per heavy atom. The van der Waals surface area contributed by atoms with E-state index in [4.69, 9.17) is 4.98 Å². The number of benzene rings is 3. The van der Waals surface area contributed by atoms with Gasteiger partial charge in [0.2, 0.25) is 0 Å². The molecule has 0 unspecified atom stereocenters. The zero-order chi connectivity index (χ0) is 43.9. The molecule has 1 aliphatic rings. The molecule has 9 heteroatoms. The molecule has 60 heavy (non-hydrogen) atoms. The molecule has 2 aromatic heterocycles. The molecule has 0 saturated heterocycles. The normalized spacial score (nSPS) is 12.2. The Bertz CT molecular complexity index is 2000. The molecule has 0 radical (unpaired) electrons. The highest BCUT2D eigenvalue weighted by Gasteiger charge is 2.39. The molecule has 4 N–H and O–H groups in total. The van der Waals surface area contributed by atoms with Crippen LogP contribution < -0.4 is 10.6 Å². The third kappa shape index (κ3) is 16.0. The summed E-state index contributed by atoms with van der Waals surface area (Å²) in [6.45, 7) is 35.0. The lowest BCUT2D eigenvalue weighted by Gasteiger charge is -2.29. The summed E-state index contributed by atoms with van der Waals surface area (Å²) in [6.07, 6.45) is 12.9. The van der Waals surface area contributed by atoms with E-state index in [1.54, 1.807) is 6.20 Å². The number of rotatable bonds is 21. The van der Waals surface area contributed by atoms with Gasteiger partial charge in [-0.3, -0.25) is 4.90 Å². The molecule has 3 aromatic carbocycles. The average Bonchev–Trinajstić information content (AvgIpc) is 3.58. The zero-order valence-electron chi connectivity index (χ0n) is 38.3. The van der Waals surface area contributed by atoms with Crippen molar-refractivity contribution >= 4 is 23.4 Å². The maximum Gasteiger partial charge on any atom is 0.126 e. The summed E-state index contributed by atoms with van der Waals surface area (Å²) in [5.41, 5.74) is 9.13. The lowest BCUT2D eigenvalue weighted by molar-refractivity contribution is 0.267. The Labute approximate surface area is 368 Å². The summed E-state index contributed by atoms with van der Waals surface area (Å²) in [5.74, 6) is 2.70. The van der Waals surface area contributed by atoms with Gasteiger partial charge in [-0.15, -0.1) is 0 Å². The molecule has 1 saturated carbocycles. The zero-order valence-corrected chi connectivity index (χ0v) is 39.2. The minimum absolute atomic E-state index is 0.368. The molecule has 6 rings (SSSR count). The number of allylic oxidation sites excluding steroid dienone is 1. The Hall–Kier alpha value is -4.73. The van der Waals surface area contributed by atoms with Gasteiger partial charge in [-0.05, 0) is 70.5 Å². The maximum absolute atomic E-state index is 4.75. The van der Waals surface area contributed by atoms with Crippen molar-refractivity contribution in [3.05, 3.63) is 122 Å². The summed E-state index contributed by atoms with van der Waals surface area (Å²) in [4.78, 5) is 21.2. The molecule has 0 aliphatic heterocycles. The second-order valence-electron chi connectivity index (χ2n) is 15.7. The number of nitrogens with one attached hydrogen (secondary N) is 4. The number of fused-ring (bicyclic) bond motifs is 1. The van der Waals surface area contributed by atoms with Crippen LogP contribution >= 0.6 is 12.6 Å². The molecule has 8 nitrogen and oxygen atoms in total. The van der Waals surface area contributed by atoms with E-state index >= 15 is 0 Å². The van der Waals surface area contributed by atoms with Gasteiger partial charge in [-0.25, -0.2) is 9.97 Å². The number of thiol groups is 1. The van der Waals surface area contributed by atoms with Crippen molar-refractivity contribution in [3.8, 4) is 33.6 Å². The third-order valence-corrected chi connectivity index (χ3v) is 10.6. The number of H-pyrrole nitrogens is 2. The smallest absolute Gasteiger partial charge is 0.126 e. The summed E-state index contributed by atoms with van der Waals surface area (Å²) in [6, 6.07) is 22.0. The number of aromatic nitrogens is 4. The summed E-state index contributed by atoms with van der Waals surface area (Å²) < 4.78 is 0. The van der Waals surface area contributed by atoms with Gasteiger partial charge in [0.15, 0.2) is 0 Å². The lowest BCUT2D eigenvalue weighted by Crippen LogP contribution is -2.33. The van der Waals surface area contributed by atoms with E-state index in [9.17, 15) is 0 Å². The molecule has 0 spiro atoms. The standard InChI is InChI=1S/C42H52N8S.C4H10.C3H8.C2H6/c1-6-30(3)44-18-19-49(20-21-51)27-40-45-25-38(47-40)33-10-8-32(9-11-33)34-12-13-36-23-37(15-14-35(36)22-34)39-26-46-41(48-39)28-50(29-42(5)16-17-42)31(4)24-43-7-2;1-3-4-2;1-3-2;1-2/h7-15,22-23,25-26,43-44,51H,2-4,6,16-21,24,27-29H2,1,5H3,(H,45,47)(H,46,48);3-4H2,1-2H3;3H2,1-2H3;1-2H3. The molecule has 2 heterocycles. The fraction of sp³-hybridized carbons (Fsp3) is 0.451. The first-order chi connectivity index (χ1) is 29.1. The number of hydrogen-bond donors (Lipinski definition) is 5. The van der Waals surface area contributed by atoms with Crippen LogP contribution in [0.15, 0.2) is 110 Å². The summed E-state index contributed by atoms with van der Waals surface area (Å²) in [7, 11) is 0. The van der Waals surface area contributed by atoms with Crippen molar-refractivity contribution in [2.24, 2.45) is 5.41 Å². The Morgan fingerprint density at radius 3 is 1.87 bits per heavy atom. The van der Waals surface area contributed by atoms with Crippen LogP contribution in [0.5, 0.6) is 0 Å². The van der Waals surface area contributed by atoms with Gasteiger partial charge in [0.1, 0.15) is 11.6 Å². The topological polar surface area (TPSA) is 87.9 Å². The minimum Gasteiger partial charge on any atom is -0.388 e. The van der Waals surface area contributed by atoms with Gasteiger partial charge in [0, 0.05) is 48.9 Å². The van der Waals surface area contributed by atoms with E-state index < -0.39 is 0 Å². The average molecular weight is 833 g/mol. The van der Waals surface area contributed by atoms with Gasteiger partial charge in [-0.2, -0.15) is 12.6 Å². The number of hydrogen-bond acceptors (Lipinski definition) is 7. The SMILES string of the molecule is C=CNCC(=C)N(Cc1ncc(-c2ccc3cc(-c4ccc(-c5cnc(CN(CCS)CCNC(=C)CC)[nH]5)cc4)ccc3c2)[nH]1)CC1(C)CC1.CC.CCC.CCCC. The summed E-state index contributed by atoms with van der Waals surface area (Å²) in [5, 5.41) is 8.98. The van der Waals surface area contributed by atoms with Crippen LogP contribution in [-0.4, -0.2) is 68.2 Å². The highest BCUT2D eigenvalue weighted by Crippen LogP contribution is 2.46. The van der Waals surface area contributed by atoms with Crippen molar-refractivity contribution in [3.63, 3.8) is 0 Å². The van der Waals surface area contributed by atoms with Crippen molar-refractivity contribution < 1.29 is 0 Å². The maximum atomic E-state index is 4.75. The first-order valence-corrected chi connectivity index (χ1v) is 23.0. The van der Waals surface area contributed by atoms with Gasteiger partial charge in [-0.1, -0.05) is 143 Å². The fourth-order valence-electron chi connectivity index (χ4n) is 6.35. The van der Waals surface area contributed by atoms with Crippen LogP contribution in [0.1, 0.15) is 106 Å². The predicted molar refractivity (Wildman–Crippen MR) is 264 cm³/mol. The largest absolute Gasteiger partial charge is 0.388 e. The van der Waals surface area contributed by atoms with E-state index in [0.717, 1.165) is 90.5 Å². The molecule has 326 valence electrons. The first kappa shape index (κ1) is 49.6. The van der Waals surface area contributed by atoms with Crippen LogP contribution in [0, 0.1) is 5.41 Å². The van der Waals surface area contributed by atoms with Gasteiger partial charge >= 0.3 is 0 Å². The predicted octanol–water partition coefficient (Wildman–Crippen LogP) is 12.6. The summed E-state index contributed by atoms with van der Waals surface area (Å²) >= 11 is 4.46. The second kappa shape index (κ2) is 26.5. The molecule has 5 aromatic rings. The van der Waals surface area contributed by atoms with Crippen molar-refractivity contribution in [2.75, 3.05) is 38.5 Å². The van der Waals surface area contributed by atoms with E-state index in [1.807, 2.05) is 26.2 Å². The van der Waals surface area contributed by atoms with Crippen molar-refractivity contribution in [2.45, 2.75) is 107 Å². The first-order valence-electron chi connectivity index (χ1n) is 22.3. The van der Waals surface area contributed by atoms with E-state index in [1.165, 1.54) is 54.0 Å². The molecule has 0 bridgehead atoms. The quantitative estimate of drug-likeness (QED) is 0.0474. The molecular formula is C51H76N8S. The number of unbranched alkanes of at least 4 members (excludes halogenated alkanes) is 1. The van der Waals surface area contributed by atoms with Crippen LogP contribution in [0.4, 0.5) is 0 Å². The van der Waals surface area contributed by atoms with Gasteiger partial charge in [0.25, 0.3) is 0 Å². The lowest BCUT2D eigenvalue weighted by atomic mass is 9.98. The molecule has 1 aliphatic carbocycles. The molecule has 0 amide bonds. The monoisotopic (exact) mass is 833 g/mol. The number of nitrogens with zero attached hydrogens (tertiary/aromatic N) is 4. The van der Waals surface area contributed by atoms with Crippen molar-refractivity contribution in [1.29, 1.82) is 0 Å². The van der Waals surface area contributed by atoms with Gasteiger partial charge in [0.05, 0.1) is 43.4 Å². The Morgan fingerprint density at radius 1 is 0.783 bits per heavy atom. The minimum atomic E-state index is 0.368. The second-order valence-corrected chi connectivity index (χ2v) is 16.2. The molecule has 0 atom stereocenters. The molecular weight excluding hydrogens is 757 g/mol.